The molecule has 0 aliphatic carbocycles. The predicted molar refractivity (Wildman–Crippen MR) is 139 cm³/mol. The van der Waals surface area contributed by atoms with Crippen molar-refractivity contribution in [3.05, 3.63) is 47.9 Å². The highest BCUT2D eigenvalue weighted by Gasteiger charge is 2.34. The quantitative estimate of drug-likeness (QED) is 0.415. The number of H-pyrrole nitrogens is 1. The topological polar surface area (TPSA) is 118 Å². The van der Waals surface area contributed by atoms with Crippen LogP contribution in [0.25, 0.3) is 11.3 Å². The molecule has 1 aromatic carbocycles. The van der Waals surface area contributed by atoms with Gasteiger partial charge in [-0.3, -0.25) is 9.78 Å². The minimum atomic E-state index is -0.101. The van der Waals surface area contributed by atoms with Gasteiger partial charge in [-0.1, -0.05) is 6.07 Å². The molecule has 4 bridgehead atoms. The molecule has 5 N–H and O–H groups in total. The molecule has 3 unspecified atom stereocenters. The number of pyridine rings is 1. The number of anilines is 3. The molecule has 6 rings (SSSR count). The number of piperidine rings is 1. The summed E-state index contributed by atoms with van der Waals surface area (Å²) in [5, 5.41) is 6.61. The Morgan fingerprint density at radius 1 is 1.25 bits per heavy atom. The fourth-order valence-corrected chi connectivity index (χ4v) is 5.79. The average Bonchev–Trinajstić information content (AvgIpc) is 3.27. The molecule has 1 saturated heterocycles. The summed E-state index contributed by atoms with van der Waals surface area (Å²) in [5.74, 6) is 1.80. The number of para-hydroxylation sites is 1. The molecule has 0 spiro atoms. The minimum Gasteiger partial charge on any atom is -0.492 e. The molecule has 0 radical (unpaired) electrons. The molecule has 5 heterocycles. The largest absolute Gasteiger partial charge is 0.492 e. The third-order valence-corrected chi connectivity index (χ3v) is 7.61. The smallest absolute Gasteiger partial charge is 0.255 e. The Bertz CT molecular complexity index is 1290. The maximum absolute atomic E-state index is 13.3. The number of carbonyl (C=O) groups excluding carboxylic acids is 1. The first kappa shape index (κ1) is 22.7. The van der Waals surface area contributed by atoms with Crippen molar-refractivity contribution in [2.75, 3.05) is 50.9 Å². The van der Waals surface area contributed by atoms with E-state index >= 15 is 0 Å². The van der Waals surface area contributed by atoms with Gasteiger partial charge in [-0.2, -0.15) is 0 Å². The van der Waals surface area contributed by atoms with Gasteiger partial charge < -0.3 is 35.7 Å². The molecule has 36 heavy (non-hydrogen) atoms. The third kappa shape index (κ3) is 4.03. The number of amides is 1. The Labute approximate surface area is 210 Å². The molecule has 3 atom stereocenters. The van der Waals surface area contributed by atoms with E-state index in [1.165, 1.54) is 12.8 Å². The molecule has 3 aliphatic rings. The van der Waals surface area contributed by atoms with Gasteiger partial charge in [-0.15, -0.1) is 0 Å². The SMILES string of the molecule is COc1c(N)cccc1Nc1c2[nH]c3c1C(=O)NCC3CCN1CCCC(COc3cnccc3-2)C1. The predicted octanol–water partition coefficient (Wildman–Crippen LogP) is 3.73. The molecule has 2 aromatic heterocycles. The van der Waals surface area contributed by atoms with Gasteiger partial charge in [-0.05, 0) is 50.6 Å². The average molecular weight is 489 g/mol. The number of nitrogens with one attached hydrogen (secondary N) is 3. The molecular weight excluding hydrogens is 456 g/mol. The van der Waals surface area contributed by atoms with Crippen molar-refractivity contribution in [3.63, 3.8) is 0 Å². The zero-order valence-electron chi connectivity index (χ0n) is 20.5. The summed E-state index contributed by atoms with van der Waals surface area (Å²) < 4.78 is 12.0. The Hall–Kier alpha value is -3.72. The van der Waals surface area contributed by atoms with E-state index in [9.17, 15) is 4.79 Å². The molecule has 9 heteroatoms. The number of fused-ring (bicyclic) bond motifs is 5. The van der Waals surface area contributed by atoms with Gasteiger partial charge in [0.05, 0.1) is 48.2 Å². The van der Waals surface area contributed by atoms with E-state index in [-0.39, 0.29) is 11.8 Å². The number of ether oxygens (including phenoxy) is 2. The van der Waals surface area contributed by atoms with Crippen LogP contribution in [0.4, 0.5) is 17.1 Å². The molecule has 9 nitrogen and oxygen atoms in total. The number of nitrogen functional groups attached to an aromatic ring is 1. The van der Waals surface area contributed by atoms with Gasteiger partial charge in [0.2, 0.25) is 0 Å². The van der Waals surface area contributed by atoms with Crippen LogP contribution in [0.2, 0.25) is 0 Å². The second-order valence-corrected chi connectivity index (χ2v) is 9.90. The van der Waals surface area contributed by atoms with Gasteiger partial charge in [0, 0.05) is 42.4 Å². The highest BCUT2D eigenvalue weighted by molar-refractivity contribution is 6.07. The van der Waals surface area contributed by atoms with Crippen LogP contribution in [0.5, 0.6) is 11.5 Å². The van der Waals surface area contributed by atoms with Crippen LogP contribution in [0.3, 0.4) is 0 Å². The van der Waals surface area contributed by atoms with Crippen LogP contribution in [-0.2, 0) is 0 Å². The molecule has 3 aliphatic heterocycles. The van der Waals surface area contributed by atoms with E-state index in [1.807, 2.05) is 18.2 Å². The lowest BCUT2D eigenvalue weighted by atomic mass is 9.92. The Balaban J connectivity index is 1.52. The number of aromatic amines is 1. The fourth-order valence-electron chi connectivity index (χ4n) is 5.79. The van der Waals surface area contributed by atoms with Crippen molar-refractivity contribution in [3.8, 4) is 22.8 Å². The third-order valence-electron chi connectivity index (χ3n) is 7.61. The number of benzene rings is 1. The Morgan fingerprint density at radius 2 is 2.17 bits per heavy atom. The zero-order chi connectivity index (χ0) is 24.6. The number of nitrogens with zero attached hydrogens (tertiary/aromatic N) is 2. The molecule has 3 aromatic rings. The second-order valence-electron chi connectivity index (χ2n) is 9.90. The number of rotatable bonds is 3. The normalized spacial score (nSPS) is 23.1. The summed E-state index contributed by atoms with van der Waals surface area (Å²) >= 11 is 0. The molecule has 0 saturated carbocycles. The molecule has 1 fully saturated rings. The van der Waals surface area contributed by atoms with Gasteiger partial charge >= 0.3 is 0 Å². The minimum absolute atomic E-state index is 0.101. The second kappa shape index (κ2) is 9.39. The van der Waals surface area contributed by atoms with Crippen LogP contribution in [0.1, 0.15) is 41.2 Å². The van der Waals surface area contributed by atoms with Gasteiger partial charge in [0.1, 0.15) is 5.75 Å². The van der Waals surface area contributed by atoms with Crippen LogP contribution in [0.15, 0.2) is 36.7 Å². The Kier molecular flexibility index (Phi) is 5.92. The standard InChI is InChI=1S/C27H32N6O3/c1-35-26-19(28)5-2-6-20(26)31-25-22-23-17(12-30-27(22)34)8-11-33-10-3-4-16(14-33)15-36-21-13-29-9-7-18(21)24(25)32-23/h2,5-7,9,13,16-17,31-32H,3-4,8,10-12,14-15,28H2,1H3,(H,30,34). The maximum atomic E-state index is 13.3. The summed E-state index contributed by atoms with van der Waals surface area (Å²) in [7, 11) is 1.59. The number of hydrogen-bond acceptors (Lipinski definition) is 7. The van der Waals surface area contributed by atoms with Crippen LogP contribution in [-0.4, -0.2) is 60.7 Å². The van der Waals surface area contributed by atoms with Crippen molar-refractivity contribution in [1.82, 2.24) is 20.2 Å². The summed E-state index contributed by atoms with van der Waals surface area (Å²) in [6.07, 6.45) is 6.83. The number of hydrogen-bond donors (Lipinski definition) is 4. The first-order valence-corrected chi connectivity index (χ1v) is 12.7. The number of nitrogens with two attached hydrogens (primary N) is 1. The molecule has 188 valence electrons. The highest BCUT2D eigenvalue weighted by Crippen LogP contribution is 2.45. The van der Waals surface area contributed by atoms with Gasteiger partial charge in [-0.25, -0.2) is 0 Å². The van der Waals surface area contributed by atoms with Crippen molar-refractivity contribution in [2.24, 2.45) is 5.92 Å². The highest BCUT2D eigenvalue weighted by atomic mass is 16.5. The monoisotopic (exact) mass is 488 g/mol. The summed E-state index contributed by atoms with van der Waals surface area (Å²) in [6, 6.07) is 7.49. The summed E-state index contributed by atoms with van der Waals surface area (Å²) in [6.45, 7) is 4.40. The zero-order valence-corrected chi connectivity index (χ0v) is 20.5. The van der Waals surface area contributed by atoms with Gasteiger partial charge in [0.15, 0.2) is 5.75 Å². The van der Waals surface area contributed by atoms with Crippen molar-refractivity contribution < 1.29 is 14.3 Å². The van der Waals surface area contributed by atoms with E-state index in [0.29, 0.717) is 53.2 Å². The van der Waals surface area contributed by atoms with E-state index in [2.05, 4.69) is 25.5 Å². The first-order chi connectivity index (χ1) is 17.6. The lowest BCUT2D eigenvalue weighted by Crippen LogP contribution is -2.40. The van der Waals surface area contributed by atoms with E-state index < -0.39 is 0 Å². The van der Waals surface area contributed by atoms with Crippen molar-refractivity contribution in [2.45, 2.75) is 25.2 Å². The Morgan fingerprint density at radius 3 is 3.06 bits per heavy atom. The number of carbonyl (C=O) groups is 1. The maximum Gasteiger partial charge on any atom is 0.255 e. The number of aromatic nitrogens is 2. The lowest BCUT2D eigenvalue weighted by Gasteiger charge is -2.34. The first-order valence-electron chi connectivity index (χ1n) is 12.7. The van der Waals surface area contributed by atoms with Crippen LogP contribution < -0.4 is 25.8 Å². The van der Waals surface area contributed by atoms with Crippen molar-refractivity contribution in [1.29, 1.82) is 0 Å². The van der Waals surface area contributed by atoms with Crippen LogP contribution >= 0.6 is 0 Å². The van der Waals surface area contributed by atoms with Crippen molar-refractivity contribution >= 4 is 23.0 Å². The summed E-state index contributed by atoms with van der Waals surface area (Å²) in [5.41, 5.74) is 11.3. The van der Waals surface area contributed by atoms with E-state index in [1.54, 1.807) is 25.6 Å². The van der Waals surface area contributed by atoms with E-state index in [4.69, 9.17) is 15.2 Å². The van der Waals surface area contributed by atoms with E-state index in [0.717, 1.165) is 43.0 Å². The van der Waals surface area contributed by atoms with Gasteiger partial charge in [0.25, 0.3) is 5.91 Å². The fraction of sp³-hybridized carbons (Fsp3) is 0.407. The van der Waals surface area contributed by atoms with Crippen LogP contribution in [0, 0.1) is 5.92 Å². The lowest BCUT2D eigenvalue weighted by molar-refractivity contribution is 0.0935. The molecule has 1 amide bonds. The number of methoxy groups -OCH3 is 1. The summed E-state index contributed by atoms with van der Waals surface area (Å²) in [4.78, 5) is 23.8. The molecular formula is C27H32N6O3.